The predicted octanol–water partition coefficient (Wildman–Crippen LogP) is 2.81. The highest BCUT2D eigenvalue weighted by molar-refractivity contribution is 5.77. The smallest absolute Gasteiger partial charge is 0.380 e. The molecule has 0 saturated carbocycles. The maximum atomic E-state index is 12.6. The van der Waals surface area contributed by atoms with E-state index in [4.69, 9.17) is 0 Å². The van der Waals surface area contributed by atoms with Crippen molar-refractivity contribution in [2.45, 2.75) is 45.5 Å². The van der Waals surface area contributed by atoms with Crippen LogP contribution in [0, 0.1) is 13.8 Å². The Morgan fingerprint density at radius 1 is 1.24 bits per heavy atom. The number of carbonyl (C=O) groups is 1. The Kier molecular flexibility index (Phi) is 5.22. The number of hydrogen-bond acceptors (Lipinski definition) is 3. The van der Waals surface area contributed by atoms with Gasteiger partial charge in [0.15, 0.2) is 5.60 Å². The minimum atomic E-state index is -4.87. The molecule has 0 bridgehead atoms. The van der Waals surface area contributed by atoms with Crippen LogP contribution in [-0.4, -0.2) is 32.6 Å². The van der Waals surface area contributed by atoms with Crippen molar-refractivity contribution < 1.29 is 23.1 Å². The predicted molar refractivity (Wildman–Crippen MR) is 86.2 cm³/mol. The molecule has 2 rings (SSSR count). The van der Waals surface area contributed by atoms with E-state index in [9.17, 15) is 23.1 Å². The van der Waals surface area contributed by atoms with Crippen LogP contribution in [0.2, 0.25) is 0 Å². The summed E-state index contributed by atoms with van der Waals surface area (Å²) in [4.78, 5) is 11.8. The molecule has 1 atom stereocenters. The van der Waals surface area contributed by atoms with Crippen LogP contribution >= 0.6 is 0 Å². The summed E-state index contributed by atoms with van der Waals surface area (Å²) < 4.78 is 39.6. The van der Waals surface area contributed by atoms with Gasteiger partial charge in [-0.15, -0.1) is 0 Å². The van der Waals surface area contributed by atoms with Crippen molar-refractivity contribution in [2.24, 2.45) is 0 Å². The van der Waals surface area contributed by atoms with Gasteiger partial charge in [0.2, 0.25) is 5.91 Å². The number of hydrogen-bond donors (Lipinski definition) is 2. The summed E-state index contributed by atoms with van der Waals surface area (Å²) in [6.45, 7) is 4.20. The molecule has 0 radical (unpaired) electrons. The maximum absolute atomic E-state index is 12.6. The van der Waals surface area contributed by atoms with Gasteiger partial charge in [-0.2, -0.15) is 18.3 Å². The molecule has 0 spiro atoms. The lowest BCUT2D eigenvalue weighted by Crippen LogP contribution is -2.46. The average Bonchev–Trinajstić information content (AvgIpc) is 2.79. The highest BCUT2D eigenvalue weighted by Crippen LogP contribution is 2.32. The SMILES string of the molecule is Cc1nn(-c2ccccc2)c(C)c1CNC(=O)C[C@@](C)(O)C(F)(F)F. The van der Waals surface area contributed by atoms with Gasteiger partial charge < -0.3 is 10.4 Å². The van der Waals surface area contributed by atoms with Crippen molar-refractivity contribution >= 4 is 5.91 Å². The Hall–Kier alpha value is -2.35. The fourth-order valence-electron chi connectivity index (χ4n) is 2.41. The first-order valence-electron chi connectivity index (χ1n) is 7.69. The molecule has 1 aromatic carbocycles. The normalized spacial score (nSPS) is 14.2. The zero-order valence-corrected chi connectivity index (χ0v) is 14.2. The fourth-order valence-corrected chi connectivity index (χ4v) is 2.41. The lowest BCUT2D eigenvalue weighted by Gasteiger charge is -2.25. The largest absolute Gasteiger partial charge is 0.417 e. The first-order valence-corrected chi connectivity index (χ1v) is 7.69. The summed E-state index contributed by atoms with van der Waals surface area (Å²) in [6.07, 6.45) is -5.92. The molecule has 0 unspecified atom stereocenters. The van der Waals surface area contributed by atoms with Crippen molar-refractivity contribution in [3.63, 3.8) is 0 Å². The first-order chi connectivity index (χ1) is 11.5. The maximum Gasteiger partial charge on any atom is 0.417 e. The Bertz CT molecular complexity index is 752. The molecule has 0 saturated heterocycles. The summed E-state index contributed by atoms with van der Waals surface area (Å²) in [5, 5.41) is 16.2. The van der Waals surface area contributed by atoms with E-state index in [-0.39, 0.29) is 6.54 Å². The molecule has 0 aliphatic rings. The Morgan fingerprint density at radius 3 is 2.40 bits per heavy atom. The lowest BCUT2D eigenvalue weighted by atomic mass is 10.0. The third-order valence-electron chi connectivity index (χ3n) is 4.02. The summed E-state index contributed by atoms with van der Waals surface area (Å²) in [5.74, 6) is -0.881. The number of amides is 1. The molecule has 2 N–H and O–H groups in total. The van der Waals surface area contributed by atoms with Gasteiger partial charge in [0.25, 0.3) is 0 Å². The number of para-hydroxylation sites is 1. The number of aromatic nitrogens is 2. The average molecular weight is 355 g/mol. The van der Waals surface area contributed by atoms with E-state index in [1.807, 2.05) is 37.3 Å². The summed E-state index contributed by atoms with van der Waals surface area (Å²) in [7, 11) is 0. The summed E-state index contributed by atoms with van der Waals surface area (Å²) in [5.41, 5.74) is -0.0320. The molecular weight excluding hydrogens is 335 g/mol. The van der Waals surface area contributed by atoms with Crippen LogP contribution in [0.3, 0.4) is 0 Å². The monoisotopic (exact) mass is 355 g/mol. The molecule has 25 heavy (non-hydrogen) atoms. The second-order valence-corrected chi connectivity index (χ2v) is 6.12. The van der Waals surface area contributed by atoms with Gasteiger partial charge in [-0.25, -0.2) is 4.68 Å². The summed E-state index contributed by atoms with van der Waals surface area (Å²) in [6, 6.07) is 9.37. The van der Waals surface area contributed by atoms with Crippen LogP contribution in [0.1, 0.15) is 30.3 Å². The number of nitrogens with zero attached hydrogens (tertiary/aromatic N) is 2. The quantitative estimate of drug-likeness (QED) is 0.867. The number of benzene rings is 1. The van der Waals surface area contributed by atoms with Gasteiger partial charge >= 0.3 is 6.18 Å². The van der Waals surface area contributed by atoms with E-state index < -0.39 is 24.1 Å². The van der Waals surface area contributed by atoms with Crippen molar-refractivity contribution in [1.82, 2.24) is 15.1 Å². The summed E-state index contributed by atoms with van der Waals surface area (Å²) >= 11 is 0. The number of carbonyl (C=O) groups excluding carboxylic acids is 1. The molecule has 8 heteroatoms. The highest BCUT2D eigenvalue weighted by Gasteiger charge is 2.50. The van der Waals surface area contributed by atoms with Crippen LogP contribution < -0.4 is 5.32 Å². The topological polar surface area (TPSA) is 67.2 Å². The van der Waals surface area contributed by atoms with E-state index in [2.05, 4.69) is 10.4 Å². The van der Waals surface area contributed by atoms with Gasteiger partial charge in [-0.1, -0.05) is 18.2 Å². The molecular formula is C17H20F3N3O2. The van der Waals surface area contributed by atoms with Crippen molar-refractivity contribution in [1.29, 1.82) is 0 Å². The van der Waals surface area contributed by atoms with Crippen LogP contribution in [-0.2, 0) is 11.3 Å². The van der Waals surface area contributed by atoms with Crippen LogP contribution in [0.25, 0.3) is 5.69 Å². The van der Waals surface area contributed by atoms with Gasteiger partial charge in [0.05, 0.1) is 17.8 Å². The molecule has 0 aliphatic heterocycles. The number of alkyl halides is 3. The molecule has 1 aromatic heterocycles. The number of aliphatic hydroxyl groups is 1. The number of aryl methyl sites for hydroxylation is 1. The Morgan fingerprint density at radius 2 is 1.84 bits per heavy atom. The number of halogens is 3. The Labute approximate surface area is 143 Å². The molecule has 0 fully saturated rings. The Balaban J connectivity index is 2.09. The van der Waals surface area contributed by atoms with Crippen LogP contribution in [0.4, 0.5) is 13.2 Å². The molecule has 1 heterocycles. The standard InChI is InChI=1S/C17H20F3N3O2/c1-11-14(10-21-15(24)9-16(3,25)17(18,19)20)12(2)23(22-11)13-7-5-4-6-8-13/h4-8,25H,9-10H2,1-3H3,(H,21,24)/t16-/m1/s1. The molecule has 5 nitrogen and oxygen atoms in total. The number of nitrogens with one attached hydrogen (secondary N) is 1. The second-order valence-electron chi connectivity index (χ2n) is 6.12. The van der Waals surface area contributed by atoms with Gasteiger partial charge in [-0.3, -0.25) is 4.79 Å². The minimum Gasteiger partial charge on any atom is -0.380 e. The van der Waals surface area contributed by atoms with Crippen molar-refractivity contribution in [2.75, 3.05) is 0 Å². The van der Waals surface area contributed by atoms with Gasteiger partial charge in [0.1, 0.15) is 0 Å². The molecule has 2 aromatic rings. The highest BCUT2D eigenvalue weighted by atomic mass is 19.4. The zero-order chi connectivity index (χ0) is 18.8. The van der Waals surface area contributed by atoms with E-state index >= 15 is 0 Å². The van der Waals surface area contributed by atoms with E-state index in [1.54, 1.807) is 11.6 Å². The molecule has 0 aliphatic carbocycles. The van der Waals surface area contributed by atoms with E-state index in [0.29, 0.717) is 12.6 Å². The van der Waals surface area contributed by atoms with Gasteiger partial charge in [0, 0.05) is 17.8 Å². The number of rotatable bonds is 5. The van der Waals surface area contributed by atoms with Crippen molar-refractivity contribution in [3.05, 3.63) is 47.3 Å². The first kappa shape index (κ1) is 19.0. The third kappa shape index (κ3) is 4.19. The van der Waals surface area contributed by atoms with Gasteiger partial charge in [-0.05, 0) is 32.9 Å². The molecule has 1 amide bonds. The fraction of sp³-hybridized carbons (Fsp3) is 0.412. The van der Waals surface area contributed by atoms with Crippen LogP contribution in [0.15, 0.2) is 30.3 Å². The van der Waals surface area contributed by atoms with Crippen molar-refractivity contribution in [3.8, 4) is 5.69 Å². The van der Waals surface area contributed by atoms with E-state index in [1.165, 1.54) is 0 Å². The third-order valence-corrected chi connectivity index (χ3v) is 4.02. The molecule has 136 valence electrons. The lowest BCUT2D eigenvalue weighted by molar-refractivity contribution is -0.253. The minimum absolute atomic E-state index is 0.0390. The van der Waals surface area contributed by atoms with Crippen LogP contribution in [0.5, 0.6) is 0 Å². The zero-order valence-electron chi connectivity index (χ0n) is 14.2. The van der Waals surface area contributed by atoms with E-state index in [0.717, 1.165) is 16.9 Å². The second kappa shape index (κ2) is 6.87.